The van der Waals surface area contributed by atoms with E-state index in [2.05, 4.69) is 36.7 Å². The van der Waals surface area contributed by atoms with Crippen LogP contribution in [0.5, 0.6) is 0 Å². The summed E-state index contributed by atoms with van der Waals surface area (Å²) in [5, 5.41) is 0. The van der Waals surface area contributed by atoms with Gasteiger partial charge in [0.15, 0.2) is 5.82 Å². The number of H-pyrrole nitrogens is 1. The van der Waals surface area contributed by atoms with Crippen molar-refractivity contribution >= 4 is 33.3 Å². The second-order valence-corrected chi connectivity index (χ2v) is 4.50. The van der Waals surface area contributed by atoms with Crippen LogP contribution in [0.4, 0.5) is 11.5 Å². The molecular weight excluding hydrogens is 314 g/mol. The van der Waals surface area contributed by atoms with Gasteiger partial charge in [0.1, 0.15) is 5.69 Å². The average molecular weight is 324 g/mol. The third-order valence-corrected chi connectivity index (χ3v) is 2.82. The van der Waals surface area contributed by atoms with Crippen molar-refractivity contribution in [2.24, 2.45) is 0 Å². The SMILES string of the molecule is Nc1c(NNC(=O)c2ccc(Br)cc2)nc[nH]c1=O. The van der Waals surface area contributed by atoms with Gasteiger partial charge in [-0.2, -0.15) is 0 Å². The van der Waals surface area contributed by atoms with Crippen molar-refractivity contribution in [3.63, 3.8) is 0 Å². The topological polar surface area (TPSA) is 113 Å². The summed E-state index contributed by atoms with van der Waals surface area (Å²) in [6.45, 7) is 0. The normalized spacial score (nSPS) is 9.95. The maximum absolute atomic E-state index is 11.8. The molecule has 0 radical (unpaired) electrons. The molecule has 0 fully saturated rings. The highest BCUT2D eigenvalue weighted by Crippen LogP contribution is 2.10. The largest absolute Gasteiger partial charge is 0.391 e. The van der Waals surface area contributed by atoms with E-state index in [-0.39, 0.29) is 17.4 Å². The van der Waals surface area contributed by atoms with Crippen LogP contribution in [-0.2, 0) is 0 Å². The number of amides is 1. The Labute approximate surface area is 116 Å². The third kappa shape index (κ3) is 3.10. The number of nitrogens with two attached hydrogens (primary N) is 1. The van der Waals surface area contributed by atoms with Gasteiger partial charge in [0.2, 0.25) is 0 Å². The average Bonchev–Trinajstić information content (AvgIpc) is 2.41. The molecule has 0 unspecified atom stereocenters. The van der Waals surface area contributed by atoms with E-state index in [1.165, 1.54) is 6.33 Å². The first-order chi connectivity index (χ1) is 9.08. The first-order valence-electron chi connectivity index (χ1n) is 5.23. The van der Waals surface area contributed by atoms with Gasteiger partial charge in [-0.15, -0.1) is 0 Å². The number of nitrogen functional groups attached to an aromatic ring is 1. The molecule has 7 nitrogen and oxygen atoms in total. The third-order valence-electron chi connectivity index (χ3n) is 2.29. The minimum atomic E-state index is -0.476. The number of rotatable bonds is 3. The number of aromatic nitrogens is 2. The molecule has 98 valence electrons. The Morgan fingerprint density at radius 2 is 2.00 bits per heavy atom. The molecule has 0 saturated carbocycles. The summed E-state index contributed by atoms with van der Waals surface area (Å²) in [4.78, 5) is 29.1. The number of carbonyl (C=O) groups excluding carboxylic acids is 1. The summed E-state index contributed by atoms with van der Waals surface area (Å²) in [6.07, 6.45) is 1.19. The fourth-order valence-corrected chi connectivity index (χ4v) is 1.56. The lowest BCUT2D eigenvalue weighted by Gasteiger charge is -2.08. The molecular formula is C11H10BrN5O2. The number of nitrogens with zero attached hydrogens (tertiary/aromatic N) is 1. The van der Waals surface area contributed by atoms with Crippen LogP contribution in [0.15, 0.2) is 39.9 Å². The molecule has 8 heteroatoms. The summed E-state index contributed by atoms with van der Waals surface area (Å²) < 4.78 is 0.873. The molecule has 0 aliphatic heterocycles. The minimum Gasteiger partial charge on any atom is -0.391 e. The lowest BCUT2D eigenvalue weighted by Crippen LogP contribution is -2.31. The molecule has 0 spiro atoms. The zero-order chi connectivity index (χ0) is 13.8. The fraction of sp³-hybridized carbons (Fsp3) is 0. The van der Waals surface area contributed by atoms with Crippen molar-refractivity contribution in [1.82, 2.24) is 15.4 Å². The van der Waals surface area contributed by atoms with Crippen LogP contribution in [0.3, 0.4) is 0 Å². The quantitative estimate of drug-likeness (QED) is 0.626. The second-order valence-electron chi connectivity index (χ2n) is 3.58. The van der Waals surface area contributed by atoms with E-state index >= 15 is 0 Å². The minimum absolute atomic E-state index is 0.0919. The number of benzene rings is 1. The molecule has 1 aromatic heterocycles. The van der Waals surface area contributed by atoms with E-state index in [0.29, 0.717) is 5.56 Å². The van der Waals surface area contributed by atoms with Gasteiger partial charge >= 0.3 is 0 Å². The Bertz CT molecular complexity index is 653. The monoisotopic (exact) mass is 323 g/mol. The molecule has 2 aromatic rings. The fourth-order valence-electron chi connectivity index (χ4n) is 1.30. The molecule has 0 saturated heterocycles. The highest BCUT2D eigenvalue weighted by molar-refractivity contribution is 9.10. The predicted octanol–water partition coefficient (Wildman–Crippen LogP) is 0.871. The molecule has 1 heterocycles. The number of hydrazine groups is 1. The highest BCUT2D eigenvalue weighted by atomic mass is 79.9. The van der Waals surface area contributed by atoms with Crippen LogP contribution in [-0.4, -0.2) is 15.9 Å². The van der Waals surface area contributed by atoms with Crippen LogP contribution in [0.2, 0.25) is 0 Å². The van der Waals surface area contributed by atoms with Crippen molar-refractivity contribution in [2.45, 2.75) is 0 Å². The summed E-state index contributed by atoms with van der Waals surface area (Å²) in [6, 6.07) is 6.79. The molecule has 0 atom stereocenters. The molecule has 0 bridgehead atoms. The molecule has 1 amide bonds. The number of nitrogens with one attached hydrogen (secondary N) is 3. The Hall–Kier alpha value is -2.35. The van der Waals surface area contributed by atoms with Gasteiger partial charge in [0, 0.05) is 10.0 Å². The smallest absolute Gasteiger partial charge is 0.276 e. The van der Waals surface area contributed by atoms with E-state index in [0.717, 1.165) is 4.47 Å². The first-order valence-corrected chi connectivity index (χ1v) is 6.02. The summed E-state index contributed by atoms with van der Waals surface area (Å²) >= 11 is 3.28. The molecule has 19 heavy (non-hydrogen) atoms. The zero-order valence-corrected chi connectivity index (χ0v) is 11.2. The van der Waals surface area contributed by atoms with Crippen molar-refractivity contribution < 1.29 is 4.79 Å². The number of hydrogen-bond acceptors (Lipinski definition) is 5. The molecule has 5 N–H and O–H groups in total. The van der Waals surface area contributed by atoms with Crippen molar-refractivity contribution in [3.8, 4) is 0 Å². The van der Waals surface area contributed by atoms with Gasteiger partial charge in [-0.3, -0.25) is 20.4 Å². The number of halogens is 1. The van der Waals surface area contributed by atoms with Gasteiger partial charge in [-0.1, -0.05) is 15.9 Å². The van der Waals surface area contributed by atoms with E-state index in [4.69, 9.17) is 5.73 Å². The standard InChI is InChI=1S/C11H10BrN5O2/c12-7-3-1-6(2-4-7)10(18)17-16-9-8(13)11(19)15-5-14-9/h1-5H,13H2,(H,17,18)(H2,14,15,16,19). The lowest BCUT2D eigenvalue weighted by molar-refractivity contribution is 0.0962. The summed E-state index contributed by atoms with van der Waals surface area (Å²) in [5.41, 5.74) is 10.3. The second kappa shape index (κ2) is 5.53. The lowest BCUT2D eigenvalue weighted by atomic mass is 10.2. The number of carbonyl (C=O) groups is 1. The Kier molecular flexibility index (Phi) is 3.81. The molecule has 1 aromatic carbocycles. The van der Waals surface area contributed by atoms with Gasteiger partial charge < -0.3 is 10.7 Å². The highest BCUT2D eigenvalue weighted by Gasteiger charge is 2.07. The van der Waals surface area contributed by atoms with Crippen LogP contribution in [0.25, 0.3) is 0 Å². The summed E-state index contributed by atoms with van der Waals surface area (Å²) in [5.74, 6) is -0.275. The first kappa shape index (κ1) is 13.1. The zero-order valence-electron chi connectivity index (χ0n) is 9.61. The van der Waals surface area contributed by atoms with Crippen LogP contribution >= 0.6 is 15.9 Å². The van der Waals surface area contributed by atoms with Gasteiger partial charge in [0.25, 0.3) is 11.5 Å². The van der Waals surface area contributed by atoms with E-state index < -0.39 is 5.56 Å². The predicted molar refractivity (Wildman–Crippen MR) is 74.5 cm³/mol. The van der Waals surface area contributed by atoms with Crippen molar-refractivity contribution in [1.29, 1.82) is 0 Å². The van der Waals surface area contributed by atoms with Crippen molar-refractivity contribution in [3.05, 3.63) is 51.0 Å². The molecule has 0 aliphatic rings. The number of hydrogen-bond donors (Lipinski definition) is 4. The van der Waals surface area contributed by atoms with Crippen LogP contribution in [0.1, 0.15) is 10.4 Å². The van der Waals surface area contributed by atoms with Gasteiger partial charge in [0.05, 0.1) is 6.33 Å². The van der Waals surface area contributed by atoms with Crippen LogP contribution in [0, 0.1) is 0 Å². The number of aromatic amines is 1. The van der Waals surface area contributed by atoms with E-state index in [1.54, 1.807) is 24.3 Å². The molecule has 0 aliphatic carbocycles. The Morgan fingerprint density at radius 3 is 2.68 bits per heavy atom. The van der Waals surface area contributed by atoms with Gasteiger partial charge in [-0.25, -0.2) is 4.98 Å². The van der Waals surface area contributed by atoms with Crippen molar-refractivity contribution in [2.75, 3.05) is 11.2 Å². The number of anilines is 2. The van der Waals surface area contributed by atoms with Crippen LogP contribution < -0.4 is 22.1 Å². The Morgan fingerprint density at radius 1 is 1.32 bits per heavy atom. The van der Waals surface area contributed by atoms with E-state index in [9.17, 15) is 9.59 Å². The maximum atomic E-state index is 11.8. The van der Waals surface area contributed by atoms with Gasteiger partial charge in [-0.05, 0) is 24.3 Å². The molecule has 2 rings (SSSR count). The Balaban J connectivity index is 2.06. The van der Waals surface area contributed by atoms with E-state index in [1.807, 2.05) is 0 Å². The maximum Gasteiger partial charge on any atom is 0.276 e. The summed E-state index contributed by atoms with van der Waals surface area (Å²) in [7, 11) is 0.